The molecule has 0 amide bonds. The zero-order chi connectivity index (χ0) is 13.0. The van der Waals surface area contributed by atoms with Gasteiger partial charge in [-0.05, 0) is 37.7 Å². The maximum atomic E-state index is 5.50. The van der Waals surface area contributed by atoms with Gasteiger partial charge in [0, 0.05) is 13.0 Å². The Kier molecular flexibility index (Phi) is 4.84. The second kappa shape index (κ2) is 6.39. The first-order valence-electron chi connectivity index (χ1n) is 6.53. The van der Waals surface area contributed by atoms with Crippen LogP contribution in [0.15, 0.2) is 30.3 Å². The Labute approximate surface area is 120 Å². The zero-order valence-electron chi connectivity index (χ0n) is 10.8. The molecule has 1 fully saturated rings. The second-order valence-corrected chi connectivity index (χ2v) is 5.79. The molecule has 0 aromatic heterocycles. The minimum absolute atomic E-state index is 0.542. The van der Waals surface area contributed by atoms with Gasteiger partial charge in [-0.3, -0.25) is 0 Å². The number of nitrogens with zero attached hydrogens (tertiary/aromatic N) is 1. The molecule has 0 radical (unpaired) electrons. The molecule has 1 saturated heterocycles. The van der Waals surface area contributed by atoms with Crippen LogP contribution >= 0.6 is 24.4 Å². The van der Waals surface area contributed by atoms with Crippen LogP contribution in [0, 0.1) is 5.92 Å². The van der Waals surface area contributed by atoms with Gasteiger partial charge in [0.1, 0.15) is 0 Å². The topological polar surface area (TPSA) is 3.24 Å². The average Bonchev–Trinajstić information content (AvgIpc) is 2.40. The Balaban J connectivity index is 1.80. The number of hydrogen-bond donors (Lipinski definition) is 0. The lowest BCUT2D eigenvalue weighted by Gasteiger charge is -2.32. The summed E-state index contributed by atoms with van der Waals surface area (Å²) in [5.74, 6) is 0.542. The summed E-state index contributed by atoms with van der Waals surface area (Å²) in [6, 6.07) is 10.7. The van der Waals surface area contributed by atoms with Crippen molar-refractivity contribution in [2.45, 2.75) is 32.1 Å². The highest BCUT2D eigenvalue weighted by molar-refractivity contribution is 7.82. The third-order valence-electron chi connectivity index (χ3n) is 3.62. The molecule has 1 atom stereocenters. The summed E-state index contributed by atoms with van der Waals surface area (Å²) in [5, 5.41) is 0. The predicted molar refractivity (Wildman–Crippen MR) is 85.1 cm³/mol. The molecule has 1 heterocycles. The quantitative estimate of drug-likeness (QED) is 0.766. The number of likely N-dealkylation sites (tertiary alicyclic amines) is 1. The van der Waals surface area contributed by atoms with E-state index in [2.05, 4.69) is 30.3 Å². The summed E-state index contributed by atoms with van der Waals surface area (Å²) in [7, 11) is 2.01. The van der Waals surface area contributed by atoms with E-state index in [1.54, 1.807) is 0 Å². The van der Waals surface area contributed by atoms with Crippen molar-refractivity contribution in [3.8, 4) is 0 Å². The first-order chi connectivity index (χ1) is 8.68. The van der Waals surface area contributed by atoms with Crippen LogP contribution in [-0.4, -0.2) is 21.9 Å². The van der Waals surface area contributed by atoms with E-state index >= 15 is 0 Å². The summed E-state index contributed by atoms with van der Waals surface area (Å²) >= 11 is 10.8. The van der Waals surface area contributed by atoms with Gasteiger partial charge in [0.15, 0.2) is 0 Å². The molecule has 0 aliphatic carbocycles. The Morgan fingerprint density at radius 1 is 1.22 bits per heavy atom. The monoisotopic (exact) mass is 277 g/mol. The molecule has 1 aromatic carbocycles. The van der Waals surface area contributed by atoms with Crippen LogP contribution in [0.5, 0.6) is 0 Å². The molecular formula is C15H19NS2. The molecule has 1 aromatic rings. The van der Waals surface area contributed by atoms with Gasteiger partial charge < -0.3 is 4.90 Å². The van der Waals surface area contributed by atoms with Crippen molar-refractivity contribution in [1.29, 1.82) is 0 Å². The van der Waals surface area contributed by atoms with Crippen molar-refractivity contribution >= 4 is 34.4 Å². The highest BCUT2D eigenvalue weighted by atomic mass is 32.1. The lowest BCUT2D eigenvalue weighted by atomic mass is 9.92. The van der Waals surface area contributed by atoms with E-state index < -0.39 is 0 Å². The molecule has 1 nitrogen and oxygen atoms in total. The summed E-state index contributed by atoms with van der Waals surface area (Å²) in [6.07, 6.45) is 5.68. The predicted octanol–water partition coefficient (Wildman–Crippen LogP) is 4.01. The smallest absolute Gasteiger partial charge is 0.0856 e. The summed E-state index contributed by atoms with van der Waals surface area (Å²) in [5.41, 5.74) is 1.42. The van der Waals surface area contributed by atoms with Gasteiger partial charge in [-0.15, -0.1) is 0 Å². The van der Waals surface area contributed by atoms with E-state index in [0.29, 0.717) is 5.92 Å². The third-order valence-corrected chi connectivity index (χ3v) is 4.71. The third kappa shape index (κ3) is 3.36. The van der Waals surface area contributed by atoms with Crippen LogP contribution in [0.1, 0.15) is 31.2 Å². The van der Waals surface area contributed by atoms with E-state index in [9.17, 15) is 0 Å². The largest absolute Gasteiger partial charge is 0.333 e. The van der Waals surface area contributed by atoms with Crippen molar-refractivity contribution in [1.82, 2.24) is 4.90 Å². The highest BCUT2D eigenvalue weighted by Gasteiger charge is 2.25. The standard InChI is InChI=1S/C15H19NS2/c1-16-14(17)11-10-13(15(16)18)9-5-8-12-6-3-2-4-7-12/h2-4,6-7,13H,5,8-11H2,1H3. The fourth-order valence-electron chi connectivity index (χ4n) is 2.45. The molecule has 1 aliphatic rings. The molecule has 1 unspecified atom stereocenters. The average molecular weight is 277 g/mol. The van der Waals surface area contributed by atoms with Gasteiger partial charge in [-0.1, -0.05) is 54.8 Å². The van der Waals surface area contributed by atoms with E-state index in [1.807, 2.05) is 11.9 Å². The Hall–Kier alpha value is -0.800. The number of benzene rings is 1. The molecule has 0 spiro atoms. The normalized spacial score (nSPS) is 20.3. The van der Waals surface area contributed by atoms with E-state index in [4.69, 9.17) is 24.4 Å². The molecular weight excluding hydrogens is 258 g/mol. The van der Waals surface area contributed by atoms with Crippen LogP contribution < -0.4 is 0 Å². The van der Waals surface area contributed by atoms with Crippen LogP contribution in [0.25, 0.3) is 0 Å². The maximum absolute atomic E-state index is 5.50. The van der Waals surface area contributed by atoms with Gasteiger partial charge in [-0.2, -0.15) is 0 Å². The first kappa shape index (κ1) is 13.6. The van der Waals surface area contributed by atoms with Crippen molar-refractivity contribution in [3.05, 3.63) is 35.9 Å². The summed E-state index contributed by atoms with van der Waals surface area (Å²) in [6.45, 7) is 0. The Bertz CT molecular complexity index is 427. The van der Waals surface area contributed by atoms with Crippen LogP contribution in [0.2, 0.25) is 0 Å². The van der Waals surface area contributed by atoms with Gasteiger partial charge in [0.2, 0.25) is 0 Å². The van der Waals surface area contributed by atoms with E-state index in [-0.39, 0.29) is 0 Å². The second-order valence-electron chi connectivity index (χ2n) is 4.90. The molecule has 1 aliphatic heterocycles. The fourth-order valence-corrected chi connectivity index (χ4v) is 3.07. The molecule has 0 saturated carbocycles. The summed E-state index contributed by atoms with van der Waals surface area (Å²) in [4.78, 5) is 4.07. The Morgan fingerprint density at radius 2 is 1.94 bits per heavy atom. The van der Waals surface area contributed by atoms with Gasteiger partial charge in [-0.25, -0.2) is 0 Å². The lowest BCUT2D eigenvalue weighted by molar-refractivity contribution is 0.497. The number of thiocarbonyl (C=S) groups is 2. The number of hydrogen-bond acceptors (Lipinski definition) is 2. The minimum atomic E-state index is 0.542. The molecule has 0 bridgehead atoms. The highest BCUT2D eigenvalue weighted by Crippen LogP contribution is 2.25. The maximum Gasteiger partial charge on any atom is 0.0856 e. The molecule has 2 rings (SSSR count). The van der Waals surface area contributed by atoms with Crippen LogP contribution in [0.4, 0.5) is 0 Å². The fraction of sp³-hybridized carbons (Fsp3) is 0.467. The van der Waals surface area contributed by atoms with E-state index in [1.165, 1.54) is 18.4 Å². The molecule has 18 heavy (non-hydrogen) atoms. The van der Waals surface area contributed by atoms with E-state index in [0.717, 1.165) is 29.2 Å². The summed E-state index contributed by atoms with van der Waals surface area (Å²) < 4.78 is 0. The number of aryl methyl sites for hydroxylation is 1. The van der Waals surface area contributed by atoms with Crippen molar-refractivity contribution in [2.75, 3.05) is 7.05 Å². The lowest BCUT2D eigenvalue weighted by Crippen LogP contribution is -2.40. The van der Waals surface area contributed by atoms with Gasteiger partial charge in [0.05, 0.1) is 9.98 Å². The number of rotatable bonds is 4. The van der Waals surface area contributed by atoms with Crippen molar-refractivity contribution < 1.29 is 0 Å². The van der Waals surface area contributed by atoms with Crippen molar-refractivity contribution in [3.63, 3.8) is 0 Å². The van der Waals surface area contributed by atoms with Crippen LogP contribution in [0.3, 0.4) is 0 Å². The van der Waals surface area contributed by atoms with Crippen molar-refractivity contribution in [2.24, 2.45) is 5.92 Å². The van der Waals surface area contributed by atoms with Gasteiger partial charge >= 0.3 is 0 Å². The number of piperidine rings is 1. The molecule has 0 N–H and O–H groups in total. The molecule has 3 heteroatoms. The molecule has 96 valence electrons. The van der Waals surface area contributed by atoms with Crippen LogP contribution in [-0.2, 0) is 6.42 Å². The first-order valence-corrected chi connectivity index (χ1v) is 7.34. The zero-order valence-corrected chi connectivity index (χ0v) is 12.4. The SMILES string of the molecule is CN1C(=S)CCC(CCCc2ccccc2)C1=S. The minimum Gasteiger partial charge on any atom is -0.333 e. The Morgan fingerprint density at radius 3 is 2.67 bits per heavy atom. The van der Waals surface area contributed by atoms with Gasteiger partial charge in [0.25, 0.3) is 0 Å².